The van der Waals surface area contributed by atoms with Crippen molar-refractivity contribution in [2.45, 2.75) is 38.1 Å². The van der Waals surface area contributed by atoms with Crippen molar-refractivity contribution >= 4 is 0 Å². The maximum absolute atomic E-state index is 9.96. The number of aliphatic hydroxyl groups excluding tert-OH is 1. The molecule has 7 nitrogen and oxygen atoms in total. The maximum atomic E-state index is 9.96. The third-order valence-corrected chi connectivity index (χ3v) is 5.51. The van der Waals surface area contributed by atoms with Crippen LogP contribution < -0.4 is 4.74 Å². The van der Waals surface area contributed by atoms with E-state index >= 15 is 0 Å². The van der Waals surface area contributed by atoms with E-state index in [4.69, 9.17) is 4.74 Å². The van der Waals surface area contributed by atoms with Crippen molar-refractivity contribution in [2.75, 3.05) is 33.8 Å². The zero-order chi connectivity index (χ0) is 18.1. The van der Waals surface area contributed by atoms with Crippen molar-refractivity contribution in [3.8, 4) is 5.75 Å². The number of methoxy groups -OCH3 is 1. The zero-order valence-corrected chi connectivity index (χ0v) is 15.5. The number of likely N-dealkylation sites (tertiary alicyclic amines) is 1. The molecule has 0 bridgehead atoms. The van der Waals surface area contributed by atoms with E-state index in [0.717, 1.165) is 56.4 Å². The molecule has 0 spiro atoms. The van der Waals surface area contributed by atoms with Crippen LogP contribution in [0.25, 0.3) is 0 Å². The zero-order valence-electron chi connectivity index (χ0n) is 15.5. The Morgan fingerprint density at radius 3 is 2.88 bits per heavy atom. The molecule has 0 radical (unpaired) electrons. The van der Waals surface area contributed by atoms with Gasteiger partial charge in [-0.05, 0) is 31.2 Å². The number of aliphatic hydroxyl groups is 1. The van der Waals surface area contributed by atoms with Crippen molar-refractivity contribution in [1.29, 1.82) is 0 Å². The van der Waals surface area contributed by atoms with Crippen molar-refractivity contribution in [3.05, 3.63) is 41.5 Å². The molecule has 4 rings (SSSR count). The minimum atomic E-state index is -0.270. The lowest BCUT2D eigenvalue weighted by atomic mass is 10.2. The number of likely N-dealkylation sites (N-methyl/N-ethyl adjacent to an activating group) is 1. The van der Waals surface area contributed by atoms with E-state index in [1.54, 1.807) is 7.11 Å². The molecule has 2 aliphatic rings. The number of fused-ring (bicyclic) bond motifs is 1. The molecule has 0 aliphatic carbocycles. The molecule has 0 amide bonds. The van der Waals surface area contributed by atoms with Gasteiger partial charge in [0.25, 0.3) is 0 Å². The van der Waals surface area contributed by atoms with Gasteiger partial charge in [0.05, 0.1) is 19.3 Å². The lowest BCUT2D eigenvalue weighted by molar-refractivity contribution is 0.182. The summed E-state index contributed by atoms with van der Waals surface area (Å²) in [7, 11) is 3.75. The number of rotatable bonds is 4. The minimum Gasteiger partial charge on any atom is -0.497 e. The summed E-state index contributed by atoms with van der Waals surface area (Å²) < 4.78 is 7.60. The van der Waals surface area contributed by atoms with Gasteiger partial charge in [-0.25, -0.2) is 0 Å². The largest absolute Gasteiger partial charge is 0.497 e. The molecule has 1 fully saturated rings. The van der Waals surface area contributed by atoms with Crippen LogP contribution in [0, 0.1) is 0 Å². The fraction of sp³-hybridized carbons (Fsp3) is 0.579. The fourth-order valence-electron chi connectivity index (χ4n) is 4.10. The Hall–Kier alpha value is -1.96. The monoisotopic (exact) mass is 357 g/mol. The summed E-state index contributed by atoms with van der Waals surface area (Å²) in [5, 5.41) is 18.9. The number of aromatic nitrogens is 3. The second kappa shape index (κ2) is 7.34. The molecule has 0 saturated carbocycles. The fourth-order valence-corrected chi connectivity index (χ4v) is 4.10. The van der Waals surface area contributed by atoms with Crippen LogP contribution in [0.1, 0.15) is 29.7 Å². The number of hydrogen-bond acceptors (Lipinski definition) is 6. The van der Waals surface area contributed by atoms with Crippen LogP contribution in [0.3, 0.4) is 0 Å². The molecule has 26 heavy (non-hydrogen) atoms. The van der Waals surface area contributed by atoms with E-state index < -0.39 is 0 Å². The number of β-amino-alcohol motifs (C(OH)–C–C–N with tert-alkyl or cyclic N) is 1. The molecule has 0 unspecified atom stereocenters. The first-order chi connectivity index (χ1) is 12.6. The Morgan fingerprint density at radius 1 is 1.23 bits per heavy atom. The Labute approximate surface area is 154 Å². The van der Waals surface area contributed by atoms with Gasteiger partial charge in [0.15, 0.2) is 5.82 Å². The normalized spacial score (nSPS) is 24.4. The third-order valence-electron chi connectivity index (χ3n) is 5.51. The molecule has 1 saturated heterocycles. The van der Waals surface area contributed by atoms with E-state index in [1.807, 2.05) is 19.2 Å². The van der Waals surface area contributed by atoms with Crippen LogP contribution in [-0.2, 0) is 19.5 Å². The minimum absolute atomic E-state index is 0.163. The SMILES string of the molecule is COc1cccc(CN2CCc3nnc([C@@H]4C[C@@H](O)CN4C)n3CC2)c1. The summed E-state index contributed by atoms with van der Waals surface area (Å²) in [4.78, 5) is 4.64. The van der Waals surface area contributed by atoms with Gasteiger partial charge in [0, 0.05) is 39.1 Å². The van der Waals surface area contributed by atoms with Crippen molar-refractivity contribution < 1.29 is 9.84 Å². The van der Waals surface area contributed by atoms with Crippen LogP contribution in [0.15, 0.2) is 24.3 Å². The van der Waals surface area contributed by atoms with Crippen molar-refractivity contribution in [2.24, 2.45) is 0 Å². The average Bonchev–Trinajstić information content (AvgIpc) is 3.12. The van der Waals surface area contributed by atoms with Crippen LogP contribution >= 0.6 is 0 Å². The second-order valence-corrected chi connectivity index (χ2v) is 7.35. The van der Waals surface area contributed by atoms with Gasteiger partial charge in [-0.2, -0.15) is 0 Å². The molecule has 2 aliphatic heterocycles. The third kappa shape index (κ3) is 3.47. The predicted molar refractivity (Wildman–Crippen MR) is 98.0 cm³/mol. The molecule has 2 atom stereocenters. The van der Waals surface area contributed by atoms with Crippen molar-refractivity contribution in [1.82, 2.24) is 24.6 Å². The van der Waals surface area contributed by atoms with E-state index in [0.29, 0.717) is 6.54 Å². The van der Waals surface area contributed by atoms with E-state index in [1.165, 1.54) is 5.56 Å². The first-order valence-electron chi connectivity index (χ1n) is 9.29. The van der Waals surface area contributed by atoms with Gasteiger partial charge in [-0.1, -0.05) is 12.1 Å². The molecule has 7 heteroatoms. The Kier molecular flexibility index (Phi) is 4.93. The van der Waals surface area contributed by atoms with Crippen molar-refractivity contribution in [3.63, 3.8) is 0 Å². The highest BCUT2D eigenvalue weighted by Crippen LogP contribution is 2.30. The number of benzene rings is 1. The molecular formula is C19H27N5O2. The molecule has 3 heterocycles. The highest BCUT2D eigenvalue weighted by molar-refractivity contribution is 5.28. The summed E-state index contributed by atoms with van der Waals surface area (Å²) in [6.07, 6.45) is 1.37. The predicted octanol–water partition coefficient (Wildman–Crippen LogP) is 1.08. The molecular weight excluding hydrogens is 330 g/mol. The summed E-state index contributed by atoms with van der Waals surface area (Å²) >= 11 is 0. The first kappa shape index (κ1) is 17.5. The topological polar surface area (TPSA) is 66.7 Å². The average molecular weight is 357 g/mol. The van der Waals surface area contributed by atoms with Gasteiger partial charge >= 0.3 is 0 Å². The van der Waals surface area contributed by atoms with E-state index in [-0.39, 0.29) is 12.1 Å². The summed E-state index contributed by atoms with van der Waals surface area (Å²) in [6.45, 7) is 4.44. The van der Waals surface area contributed by atoms with Gasteiger partial charge in [-0.15, -0.1) is 10.2 Å². The number of hydrogen-bond donors (Lipinski definition) is 1. The standard InChI is InChI=1S/C19H27N5O2/c1-22-13-15(25)11-17(22)19-21-20-18-6-7-23(8-9-24(18)19)12-14-4-3-5-16(10-14)26-2/h3-5,10,15,17,25H,6-9,11-13H2,1-2H3/t15-,17+/m1/s1. The highest BCUT2D eigenvalue weighted by Gasteiger charge is 2.34. The first-order valence-corrected chi connectivity index (χ1v) is 9.29. The lowest BCUT2D eigenvalue weighted by Crippen LogP contribution is -2.27. The Morgan fingerprint density at radius 2 is 2.12 bits per heavy atom. The second-order valence-electron chi connectivity index (χ2n) is 7.35. The highest BCUT2D eigenvalue weighted by atomic mass is 16.5. The summed E-state index contributed by atoms with van der Waals surface area (Å²) in [5.41, 5.74) is 1.26. The van der Waals surface area contributed by atoms with E-state index in [9.17, 15) is 5.11 Å². The molecule has 140 valence electrons. The van der Waals surface area contributed by atoms with Crippen LogP contribution in [0.2, 0.25) is 0 Å². The lowest BCUT2D eigenvalue weighted by Gasteiger charge is -2.21. The Bertz CT molecular complexity index is 762. The Balaban J connectivity index is 1.46. The van der Waals surface area contributed by atoms with Gasteiger partial charge in [0.2, 0.25) is 0 Å². The molecule has 2 aromatic rings. The van der Waals surface area contributed by atoms with Crippen LogP contribution in [0.5, 0.6) is 5.75 Å². The van der Waals surface area contributed by atoms with Gasteiger partial charge in [-0.3, -0.25) is 9.80 Å². The van der Waals surface area contributed by atoms with Crippen LogP contribution in [-0.4, -0.2) is 69.6 Å². The van der Waals surface area contributed by atoms with Gasteiger partial charge < -0.3 is 14.4 Å². The molecule has 1 aromatic heterocycles. The number of ether oxygens (including phenoxy) is 1. The molecule has 1 N–H and O–H groups in total. The molecule has 1 aromatic carbocycles. The summed E-state index contributed by atoms with van der Waals surface area (Å²) in [5.74, 6) is 2.96. The maximum Gasteiger partial charge on any atom is 0.150 e. The number of nitrogens with zero attached hydrogens (tertiary/aromatic N) is 5. The quantitative estimate of drug-likeness (QED) is 0.883. The summed E-state index contributed by atoms with van der Waals surface area (Å²) in [6, 6.07) is 8.43. The van der Waals surface area contributed by atoms with E-state index in [2.05, 4.69) is 36.7 Å². The van der Waals surface area contributed by atoms with Crippen LogP contribution in [0.4, 0.5) is 0 Å². The van der Waals surface area contributed by atoms with Gasteiger partial charge in [0.1, 0.15) is 11.6 Å². The smallest absolute Gasteiger partial charge is 0.150 e.